The molecule has 0 fully saturated rings. The van der Waals surface area contributed by atoms with Crippen LogP contribution in [0.2, 0.25) is 0 Å². The van der Waals surface area contributed by atoms with Crippen LogP contribution in [-0.2, 0) is 0 Å². The van der Waals surface area contributed by atoms with Gasteiger partial charge in [0.15, 0.2) is 5.16 Å². The quantitative estimate of drug-likeness (QED) is 0.860. The summed E-state index contributed by atoms with van der Waals surface area (Å²) in [4.78, 5) is 0. The molecular formula is C15H21N3OS. The Morgan fingerprint density at radius 2 is 2.05 bits per heavy atom. The van der Waals surface area contributed by atoms with E-state index in [-0.39, 0.29) is 0 Å². The molecule has 0 spiro atoms. The van der Waals surface area contributed by atoms with Gasteiger partial charge in [0.05, 0.1) is 11.3 Å². The van der Waals surface area contributed by atoms with Gasteiger partial charge >= 0.3 is 0 Å². The minimum absolute atomic E-state index is 0.641. The van der Waals surface area contributed by atoms with E-state index in [1.807, 2.05) is 18.4 Å². The molecule has 0 aliphatic carbocycles. The van der Waals surface area contributed by atoms with Gasteiger partial charge in [0.25, 0.3) is 0 Å². The average Bonchev–Trinajstić information content (AvgIpc) is 2.75. The lowest BCUT2D eigenvalue weighted by molar-refractivity contribution is 0.0777. The summed E-state index contributed by atoms with van der Waals surface area (Å²) in [6.07, 6.45) is 2.46. The van der Waals surface area contributed by atoms with Crippen LogP contribution in [0.1, 0.15) is 31.4 Å². The highest BCUT2D eigenvalue weighted by Gasteiger charge is 2.14. The molecule has 1 N–H and O–H groups in total. The molecule has 2 aromatic rings. The number of aryl methyl sites for hydroxylation is 2. The lowest BCUT2D eigenvalue weighted by atomic mass is 10.1. The van der Waals surface area contributed by atoms with Gasteiger partial charge in [0.1, 0.15) is 6.33 Å². The number of hydrogen-bond donors (Lipinski definition) is 1. The summed E-state index contributed by atoms with van der Waals surface area (Å²) in [6.45, 7) is 7.82. The summed E-state index contributed by atoms with van der Waals surface area (Å²) in [6, 6.07) is 6.34. The molecule has 4 nitrogen and oxygen atoms in total. The third-order valence-corrected chi connectivity index (χ3v) is 4.02. The van der Waals surface area contributed by atoms with Crippen molar-refractivity contribution in [2.24, 2.45) is 0 Å². The van der Waals surface area contributed by atoms with Crippen LogP contribution in [0, 0.1) is 13.8 Å². The van der Waals surface area contributed by atoms with Crippen LogP contribution in [0.25, 0.3) is 5.69 Å². The number of hydrogen-bond acceptors (Lipinski definition) is 4. The van der Waals surface area contributed by atoms with Crippen molar-refractivity contribution >= 4 is 11.8 Å². The first-order chi connectivity index (χ1) is 9.37. The van der Waals surface area contributed by atoms with Crippen LogP contribution in [0.15, 0.2) is 29.7 Å². The van der Waals surface area contributed by atoms with Gasteiger partial charge in [-0.05, 0) is 45.7 Å². The number of benzene rings is 1. The van der Waals surface area contributed by atoms with E-state index in [2.05, 4.69) is 42.2 Å². The summed E-state index contributed by atoms with van der Waals surface area (Å²) in [5.41, 5.74) is 2.91. The minimum Gasteiger partial charge on any atom is -0.390 e. The number of thioether (sulfide) groups is 1. The number of aromatic nitrogens is 3. The molecular weight excluding hydrogens is 270 g/mol. The van der Waals surface area contributed by atoms with Crippen molar-refractivity contribution in [3.63, 3.8) is 0 Å². The Kier molecular flexibility index (Phi) is 4.50. The Labute approximate surface area is 124 Å². The van der Waals surface area contributed by atoms with Gasteiger partial charge in [0, 0.05) is 5.75 Å². The summed E-state index contributed by atoms with van der Waals surface area (Å²) in [7, 11) is 0. The molecule has 0 atom stereocenters. The average molecular weight is 291 g/mol. The van der Waals surface area contributed by atoms with Gasteiger partial charge in [-0.25, -0.2) is 0 Å². The molecule has 0 aliphatic heterocycles. The van der Waals surface area contributed by atoms with Gasteiger partial charge in [-0.15, -0.1) is 10.2 Å². The highest BCUT2D eigenvalue weighted by Crippen LogP contribution is 2.24. The molecule has 1 aromatic carbocycles. The third kappa shape index (κ3) is 3.84. The maximum atomic E-state index is 9.75. The highest BCUT2D eigenvalue weighted by atomic mass is 32.2. The molecule has 0 aliphatic rings. The molecule has 1 heterocycles. The van der Waals surface area contributed by atoms with Crippen LogP contribution in [-0.4, -0.2) is 31.2 Å². The lowest BCUT2D eigenvalue weighted by Gasteiger charge is -2.16. The van der Waals surface area contributed by atoms with E-state index >= 15 is 0 Å². The van der Waals surface area contributed by atoms with E-state index < -0.39 is 5.60 Å². The summed E-state index contributed by atoms with van der Waals surface area (Å²) in [5, 5.41) is 18.8. The highest BCUT2D eigenvalue weighted by molar-refractivity contribution is 7.99. The van der Waals surface area contributed by atoms with Crippen LogP contribution in [0.4, 0.5) is 0 Å². The molecule has 20 heavy (non-hydrogen) atoms. The smallest absolute Gasteiger partial charge is 0.195 e. The SMILES string of the molecule is Cc1ccc(-n2cnnc2SCCC(C)(C)O)c(C)c1. The molecule has 1 aromatic heterocycles. The second-order valence-corrected chi connectivity index (χ2v) is 6.75. The van der Waals surface area contributed by atoms with Crippen molar-refractivity contribution < 1.29 is 5.11 Å². The van der Waals surface area contributed by atoms with Crippen molar-refractivity contribution in [1.82, 2.24) is 14.8 Å². The molecule has 5 heteroatoms. The van der Waals surface area contributed by atoms with Crippen LogP contribution >= 0.6 is 11.8 Å². The number of rotatable bonds is 5. The van der Waals surface area contributed by atoms with Crippen molar-refractivity contribution in [3.05, 3.63) is 35.7 Å². The number of aliphatic hydroxyl groups is 1. The van der Waals surface area contributed by atoms with Crippen LogP contribution < -0.4 is 0 Å². The van der Waals surface area contributed by atoms with E-state index in [1.165, 1.54) is 11.1 Å². The Balaban J connectivity index is 2.16. The maximum Gasteiger partial charge on any atom is 0.195 e. The fourth-order valence-electron chi connectivity index (χ4n) is 1.96. The van der Waals surface area contributed by atoms with Gasteiger partial charge < -0.3 is 5.11 Å². The Morgan fingerprint density at radius 3 is 2.70 bits per heavy atom. The topological polar surface area (TPSA) is 50.9 Å². The van der Waals surface area contributed by atoms with Crippen molar-refractivity contribution in [2.75, 3.05) is 5.75 Å². The van der Waals surface area contributed by atoms with Gasteiger partial charge in [-0.1, -0.05) is 29.5 Å². The standard InChI is InChI=1S/C15H21N3OS/c1-11-5-6-13(12(2)9-11)18-10-16-17-14(18)20-8-7-15(3,4)19/h5-6,9-10,19H,7-8H2,1-4H3. The largest absolute Gasteiger partial charge is 0.390 e. The van der Waals surface area contributed by atoms with Crippen molar-refractivity contribution in [3.8, 4) is 5.69 Å². The molecule has 0 amide bonds. The molecule has 0 unspecified atom stereocenters. The zero-order chi connectivity index (χ0) is 14.8. The first-order valence-electron chi connectivity index (χ1n) is 6.70. The molecule has 0 saturated carbocycles. The normalized spacial score (nSPS) is 11.8. The van der Waals surface area contributed by atoms with Crippen LogP contribution in [0.3, 0.4) is 0 Å². The molecule has 108 valence electrons. The van der Waals surface area contributed by atoms with Gasteiger partial charge in [-0.2, -0.15) is 0 Å². The predicted octanol–water partition coefficient (Wildman–Crippen LogP) is 3.14. The summed E-state index contributed by atoms with van der Waals surface area (Å²) >= 11 is 1.62. The summed E-state index contributed by atoms with van der Waals surface area (Å²) < 4.78 is 2.00. The van der Waals surface area contributed by atoms with Gasteiger partial charge in [-0.3, -0.25) is 4.57 Å². The molecule has 0 saturated heterocycles. The van der Waals surface area contributed by atoms with E-state index in [0.29, 0.717) is 0 Å². The van der Waals surface area contributed by atoms with E-state index in [9.17, 15) is 5.11 Å². The predicted molar refractivity (Wildman–Crippen MR) is 82.5 cm³/mol. The fourth-order valence-corrected chi connectivity index (χ4v) is 3.13. The number of nitrogens with zero attached hydrogens (tertiary/aromatic N) is 3. The molecule has 0 bridgehead atoms. The zero-order valence-electron chi connectivity index (χ0n) is 12.4. The van der Waals surface area contributed by atoms with Crippen molar-refractivity contribution in [2.45, 2.75) is 44.9 Å². The minimum atomic E-state index is -0.641. The second-order valence-electron chi connectivity index (χ2n) is 5.68. The Morgan fingerprint density at radius 1 is 1.30 bits per heavy atom. The van der Waals surface area contributed by atoms with Crippen molar-refractivity contribution in [1.29, 1.82) is 0 Å². The first-order valence-corrected chi connectivity index (χ1v) is 7.68. The third-order valence-electron chi connectivity index (χ3n) is 3.07. The maximum absolute atomic E-state index is 9.75. The summed E-state index contributed by atoms with van der Waals surface area (Å²) in [5.74, 6) is 0.813. The van der Waals surface area contributed by atoms with Gasteiger partial charge in [0.2, 0.25) is 0 Å². The second kappa shape index (κ2) is 5.97. The van der Waals surface area contributed by atoms with E-state index in [4.69, 9.17) is 0 Å². The van der Waals surface area contributed by atoms with E-state index in [0.717, 1.165) is 23.0 Å². The first kappa shape index (κ1) is 15.1. The van der Waals surface area contributed by atoms with Crippen LogP contribution in [0.5, 0.6) is 0 Å². The fraction of sp³-hybridized carbons (Fsp3) is 0.467. The van der Waals surface area contributed by atoms with E-state index in [1.54, 1.807) is 18.1 Å². The zero-order valence-corrected chi connectivity index (χ0v) is 13.2. The Hall–Kier alpha value is -1.33. The molecule has 2 rings (SSSR count). The molecule has 0 radical (unpaired) electrons. The Bertz CT molecular complexity index is 587. The monoisotopic (exact) mass is 291 g/mol. The lowest BCUT2D eigenvalue weighted by Crippen LogP contribution is -2.19.